The van der Waals surface area contributed by atoms with Crippen molar-refractivity contribution in [3.05, 3.63) is 57.6 Å². The van der Waals surface area contributed by atoms with E-state index in [0.717, 1.165) is 73.6 Å². The van der Waals surface area contributed by atoms with E-state index in [4.69, 9.17) is 0 Å². The molecule has 0 radical (unpaired) electrons. The Kier molecular flexibility index (Phi) is 26.7. The molecule has 0 bridgehead atoms. The molecule has 0 heterocycles. The molecule has 4 N–H and O–H groups in total. The molecule has 56 heavy (non-hydrogen) atoms. The summed E-state index contributed by atoms with van der Waals surface area (Å²) in [6, 6.07) is 9.98. The normalized spacial score (nSPS) is 15.9. The average Bonchev–Trinajstić information content (AvgIpc) is 3.21. The van der Waals surface area contributed by atoms with Crippen LogP contribution >= 0.6 is 0 Å². The van der Waals surface area contributed by atoms with Crippen LogP contribution in [-0.4, -0.2) is 22.3 Å². The number of phenols is 2. The standard InChI is InChI=1S/C52H90N2O2/c1-5-9-13-17-21-25-31-43-37-45(33-27-23-19-15-11-7-3)51(55)47(39-43)41-53-49-35-29-30-36-50(49)54-42-48-40-44(32-26-22-18-14-10-6-2)38-46(52(48)56)34-28-24-20-16-12-8-4/h37-40,49-50,53-56H,5-36,41-42H2,1-4H3. The first-order valence-corrected chi connectivity index (χ1v) is 24.6. The molecular formula is C52H90N2O2. The molecule has 2 aromatic carbocycles. The Hall–Kier alpha value is -2.04. The summed E-state index contributed by atoms with van der Waals surface area (Å²) in [4.78, 5) is 0. The van der Waals surface area contributed by atoms with Crippen molar-refractivity contribution in [3.63, 3.8) is 0 Å². The van der Waals surface area contributed by atoms with Crippen molar-refractivity contribution >= 4 is 0 Å². The molecule has 2 aromatic rings. The Balaban J connectivity index is 1.67. The van der Waals surface area contributed by atoms with Crippen molar-refractivity contribution in [1.29, 1.82) is 0 Å². The summed E-state index contributed by atoms with van der Waals surface area (Å²) >= 11 is 0. The number of nitrogens with one attached hydrogen (secondary N) is 2. The predicted octanol–water partition coefficient (Wildman–Crippen LogP) is 14.9. The van der Waals surface area contributed by atoms with Crippen LogP contribution in [-0.2, 0) is 38.8 Å². The zero-order valence-electron chi connectivity index (χ0n) is 37.4. The van der Waals surface area contributed by atoms with E-state index in [0.29, 0.717) is 36.7 Å². The number of hydrogen-bond donors (Lipinski definition) is 4. The molecule has 1 aliphatic rings. The van der Waals surface area contributed by atoms with Gasteiger partial charge in [0.25, 0.3) is 0 Å². The van der Waals surface area contributed by atoms with E-state index in [1.165, 1.54) is 165 Å². The summed E-state index contributed by atoms with van der Waals surface area (Å²) in [5, 5.41) is 31.1. The first-order chi connectivity index (χ1) is 27.5. The van der Waals surface area contributed by atoms with Gasteiger partial charge in [-0.2, -0.15) is 0 Å². The summed E-state index contributed by atoms with van der Waals surface area (Å²) in [6.45, 7) is 10.6. The summed E-state index contributed by atoms with van der Waals surface area (Å²) < 4.78 is 0. The highest BCUT2D eigenvalue weighted by Gasteiger charge is 2.25. The van der Waals surface area contributed by atoms with Crippen LogP contribution in [0, 0.1) is 0 Å². The third-order valence-corrected chi connectivity index (χ3v) is 12.8. The SMILES string of the molecule is CCCCCCCCc1cc(CCCCCCCC)c(O)c(CNC2CCCCC2NCc2cc(CCCCCCCC)cc(CCCCCCCC)c2O)c1. The van der Waals surface area contributed by atoms with Crippen LogP contribution < -0.4 is 10.6 Å². The van der Waals surface area contributed by atoms with Gasteiger partial charge in [-0.25, -0.2) is 0 Å². The smallest absolute Gasteiger partial charge is 0.123 e. The quantitative estimate of drug-likeness (QED) is 0.0535. The minimum absolute atomic E-state index is 0.350. The lowest BCUT2D eigenvalue weighted by Crippen LogP contribution is -2.49. The Morgan fingerprint density at radius 3 is 1.02 bits per heavy atom. The van der Waals surface area contributed by atoms with Crippen LogP contribution in [0.5, 0.6) is 11.5 Å². The van der Waals surface area contributed by atoms with E-state index < -0.39 is 0 Å². The third kappa shape index (κ3) is 19.6. The Bertz CT molecular complexity index is 1180. The summed E-state index contributed by atoms with van der Waals surface area (Å²) in [6.07, 6.45) is 40.0. The van der Waals surface area contributed by atoms with Gasteiger partial charge in [-0.3, -0.25) is 0 Å². The highest BCUT2D eigenvalue weighted by Crippen LogP contribution is 2.31. The van der Waals surface area contributed by atoms with E-state index in [1.54, 1.807) is 0 Å². The molecule has 320 valence electrons. The molecule has 1 saturated carbocycles. The van der Waals surface area contributed by atoms with E-state index in [2.05, 4.69) is 62.6 Å². The van der Waals surface area contributed by atoms with Crippen LogP contribution in [0.4, 0.5) is 0 Å². The minimum atomic E-state index is 0.350. The van der Waals surface area contributed by atoms with Crippen molar-refractivity contribution in [2.75, 3.05) is 0 Å². The van der Waals surface area contributed by atoms with Crippen LogP contribution in [0.15, 0.2) is 24.3 Å². The molecule has 4 heteroatoms. The second kappa shape index (κ2) is 31.0. The topological polar surface area (TPSA) is 64.5 Å². The van der Waals surface area contributed by atoms with Gasteiger partial charge in [0.05, 0.1) is 0 Å². The summed E-state index contributed by atoms with van der Waals surface area (Å²) in [5.41, 5.74) is 7.29. The number of rotatable bonds is 34. The lowest BCUT2D eigenvalue weighted by atomic mass is 9.89. The minimum Gasteiger partial charge on any atom is -0.507 e. The van der Waals surface area contributed by atoms with Crippen molar-refractivity contribution in [2.45, 2.75) is 258 Å². The molecule has 1 aliphatic carbocycles. The lowest BCUT2D eigenvalue weighted by Gasteiger charge is -2.33. The van der Waals surface area contributed by atoms with Gasteiger partial charge in [-0.15, -0.1) is 0 Å². The van der Waals surface area contributed by atoms with Crippen LogP contribution in [0.25, 0.3) is 0 Å². The number of benzene rings is 2. The molecule has 4 nitrogen and oxygen atoms in total. The second-order valence-electron chi connectivity index (χ2n) is 17.9. The van der Waals surface area contributed by atoms with Gasteiger partial charge in [0.15, 0.2) is 0 Å². The van der Waals surface area contributed by atoms with E-state index in [9.17, 15) is 10.2 Å². The lowest BCUT2D eigenvalue weighted by molar-refractivity contribution is 0.279. The van der Waals surface area contributed by atoms with Crippen LogP contribution in [0.2, 0.25) is 0 Å². The molecule has 0 aromatic heterocycles. The van der Waals surface area contributed by atoms with Crippen LogP contribution in [0.1, 0.15) is 241 Å². The number of phenolic OH excluding ortho intramolecular Hbond substituents is 2. The maximum Gasteiger partial charge on any atom is 0.123 e. The summed E-state index contributed by atoms with van der Waals surface area (Å²) in [7, 11) is 0. The van der Waals surface area contributed by atoms with Crippen molar-refractivity contribution in [2.24, 2.45) is 0 Å². The van der Waals surface area contributed by atoms with Gasteiger partial charge in [0, 0.05) is 36.3 Å². The second-order valence-corrected chi connectivity index (χ2v) is 17.9. The van der Waals surface area contributed by atoms with Crippen molar-refractivity contribution in [3.8, 4) is 11.5 Å². The number of aromatic hydroxyl groups is 2. The van der Waals surface area contributed by atoms with Crippen molar-refractivity contribution < 1.29 is 10.2 Å². The molecule has 0 aliphatic heterocycles. The van der Waals surface area contributed by atoms with Gasteiger partial charge in [0.1, 0.15) is 11.5 Å². The summed E-state index contributed by atoms with van der Waals surface area (Å²) in [5.74, 6) is 1.06. The predicted molar refractivity (Wildman–Crippen MR) is 244 cm³/mol. The highest BCUT2D eigenvalue weighted by atomic mass is 16.3. The molecule has 2 atom stereocenters. The Morgan fingerprint density at radius 1 is 0.393 bits per heavy atom. The highest BCUT2D eigenvalue weighted by molar-refractivity contribution is 5.45. The average molecular weight is 775 g/mol. The fourth-order valence-electron chi connectivity index (χ4n) is 9.12. The molecule has 3 rings (SSSR count). The first-order valence-electron chi connectivity index (χ1n) is 24.6. The number of aryl methyl sites for hydroxylation is 4. The Morgan fingerprint density at radius 2 is 0.679 bits per heavy atom. The first kappa shape index (κ1) is 48.3. The maximum atomic E-state index is 11.6. The zero-order chi connectivity index (χ0) is 40.1. The fourth-order valence-corrected chi connectivity index (χ4v) is 9.12. The van der Waals surface area contributed by atoms with E-state index in [-0.39, 0.29) is 0 Å². The van der Waals surface area contributed by atoms with Gasteiger partial charge in [0.2, 0.25) is 0 Å². The van der Waals surface area contributed by atoms with E-state index in [1.807, 2.05) is 0 Å². The largest absolute Gasteiger partial charge is 0.507 e. The van der Waals surface area contributed by atoms with Crippen LogP contribution in [0.3, 0.4) is 0 Å². The monoisotopic (exact) mass is 775 g/mol. The van der Waals surface area contributed by atoms with Gasteiger partial charge in [-0.1, -0.05) is 193 Å². The molecular weight excluding hydrogens is 685 g/mol. The number of hydrogen-bond acceptors (Lipinski definition) is 4. The molecule has 2 unspecified atom stereocenters. The van der Waals surface area contributed by atoms with Gasteiger partial charge >= 0.3 is 0 Å². The van der Waals surface area contributed by atoms with E-state index >= 15 is 0 Å². The maximum absolute atomic E-state index is 11.6. The third-order valence-electron chi connectivity index (χ3n) is 12.8. The van der Waals surface area contributed by atoms with Gasteiger partial charge < -0.3 is 20.8 Å². The zero-order valence-corrected chi connectivity index (χ0v) is 37.4. The van der Waals surface area contributed by atoms with Gasteiger partial charge in [-0.05, 0) is 86.5 Å². The molecule has 0 saturated heterocycles. The Labute approximate surface area is 347 Å². The van der Waals surface area contributed by atoms with Crippen molar-refractivity contribution in [1.82, 2.24) is 10.6 Å². The number of unbranched alkanes of at least 4 members (excludes halogenated alkanes) is 20. The fraction of sp³-hybridized carbons (Fsp3) is 0.769. The molecule has 1 fully saturated rings. The molecule has 0 amide bonds. The molecule has 0 spiro atoms.